The van der Waals surface area contributed by atoms with E-state index < -0.39 is 12.0 Å². The van der Waals surface area contributed by atoms with Crippen LogP contribution in [0, 0.1) is 0 Å². The first-order valence-electron chi connectivity index (χ1n) is 9.96. The summed E-state index contributed by atoms with van der Waals surface area (Å²) in [6, 6.07) is 17.8. The van der Waals surface area contributed by atoms with Gasteiger partial charge >= 0.3 is 5.97 Å². The summed E-state index contributed by atoms with van der Waals surface area (Å²) in [6.45, 7) is 0.546. The van der Waals surface area contributed by atoms with Crippen molar-refractivity contribution in [3.05, 3.63) is 71.8 Å². The Labute approximate surface area is 170 Å². The van der Waals surface area contributed by atoms with Crippen LogP contribution in [0.5, 0.6) is 0 Å². The van der Waals surface area contributed by atoms with Crippen molar-refractivity contribution in [2.24, 2.45) is 0 Å². The number of benzene rings is 2. The molecule has 0 radical (unpaired) electrons. The number of carbonyl (C=O) groups is 3. The van der Waals surface area contributed by atoms with Gasteiger partial charge in [0, 0.05) is 24.6 Å². The van der Waals surface area contributed by atoms with Crippen molar-refractivity contribution in [1.29, 1.82) is 0 Å². The van der Waals surface area contributed by atoms with Crippen LogP contribution in [0.15, 0.2) is 60.7 Å². The lowest BCUT2D eigenvalue weighted by Crippen LogP contribution is -2.49. The Morgan fingerprint density at radius 1 is 1.03 bits per heavy atom. The lowest BCUT2D eigenvalue weighted by molar-refractivity contribution is -0.137. The summed E-state index contributed by atoms with van der Waals surface area (Å²) < 4.78 is 0. The van der Waals surface area contributed by atoms with Gasteiger partial charge in [-0.15, -0.1) is 0 Å². The Hall–Kier alpha value is -3.15. The standard InChI is InChI=1S/C23H26N2O4/c26-21(27)14-13-19(16-17-8-3-1-4-9-17)24-22(28)20-12-7-15-25(20)23(29)18-10-5-2-6-11-18/h1-6,8-11,19-20H,7,12-16H2,(H,24,28)(H,26,27). The Bertz CT molecular complexity index is 838. The molecule has 152 valence electrons. The molecule has 6 nitrogen and oxygen atoms in total. The van der Waals surface area contributed by atoms with Gasteiger partial charge in [-0.2, -0.15) is 0 Å². The fourth-order valence-electron chi connectivity index (χ4n) is 3.75. The van der Waals surface area contributed by atoms with Crippen LogP contribution in [0.3, 0.4) is 0 Å². The largest absolute Gasteiger partial charge is 0.481 e. The molecule has 3 rings (SSSR count). The molecule has 1 aliphatic heterocycles. The summed E-state index contributed by atoms with van der Waals surface area (Å²) in [7, 11) is 0. The smallest absolute Gasteiger partial charge is 0.303 e. The van der Waals surface area contributed by atoms with Crippen molar-refractivity contribution in [1.82, 2.24) is 10.2 Å². The van der Waals surface area contributed by atoms with Crippen LogP contribution in [0.1, 0.15) is 41.6 Å². The van der Waals surface area contributed by atoms with E-state index in [0.29, 0.717) is 31.4 Å². The highest BCUT2D eigenvalue weighted by Crippen LogP contribution is 2.21. The third kappa shape index (κ3) is 5.67. The van der Waals surface area contributed by atoms with E-state index in [1.165, 1.54) is 0 Å². The van der Waals surface area contributed by atoms with Crippen LogP contribution in [-0.4, -0.2) is 46.4 Å². The zero-order valence-corrected chi connectivity index (χ0v) is 16.3. The van der Waals surface area contributed by atoms with E-state index in [-0.39, 0.29) is 24.3 Å². The van der Waals surface area contributed by atoms with E-state index in [9.17, 15) is 14.4 Å². The van der Waals surface area contributed by atoms with Crippen molar-refractivity contribution in [3.8, 4) is 0 Å². The quantitative estimate of drug-likeness (QED) is 0.721. The maximum Gasteiger partial charge on any atom is 0.303 e. The summed E-state index contributed by atoms with van der Waals surface area (Å²) >= 11 is 0. The molecule has 2 aromatic rings. The van der Waals surface area contributed by atoms with Gasteiger partial charge < -0.3 is 15.3 Å². The second-order valence-electron chi connectivity index (χ2n) is 7.35. The summed E-state index contributed by atoms with van der Waals surface area (Å²) in [6.07, 6.45) is 2.26. The highest BCUT2D eigenvalue weighted by atomic mass is 16.4. The van der Waals surface area contributed by atoms with Crippen LogP contribution < -0.4 is 5.32 Å². The molecular weight excluding hydrogens is 368 g/mol. The highest BCUT2D eigenvalue weighted by molar-refractivity contribution is 5.98. The van der Waals surface area contributed by atoms with Crippen molar-refractivity contribution in [2.45, 2.75) is 44.2 Å². The number of carboxylic acid groups (broad SMARTS) is 1. The van der Waals surface area contributed by atoms with Crippen molar-refractivity contribution in [2.75, 3.05) is 6.54 Å². The summed E-state index contributed by atoms with van der Waals surface area (Å²) in [4.78, 5) is 38.5. The van der Waals surface area contributed by atoms with Crippen LogP contribution in [-0.2, 0) is 16.0 Å². The fraction of sp³-hybridized carbons (Fsp3) is 0.348. The fourth-order valence-corrected chi connectivity index (χ4v) is 3.75. The van der Waals surface area contributed by atoms with Gasteiger partial charge in [-0.3, -0.25) is 14.4 Å². The molecule has 29 heavy (non-hydrogen) atoms. The van der Waals surface area contributed by atoms with E-state index in [4.69, 9.17) is 5.11 Å². The normalized spacial score (nSPS) is 17.0. The highest BCUT2D eigenvalue weighted by Gasteiger charge is 2.35. The average Bonchev–Trinajstić information content (AvgIpc) is 3.23. The van der Waals surface area contributed by atoms with E-state index >= 15 is 0 Å². The first-order chi connectivity index (χ1) is 14.0. The lowest BCUT2D eigenvalue weighted by Gasteiger charge is -2.27. The van der Waals surface area contributed by atoms with Gasteiger partial charge in [0.1, 0.15) is 6.04 Å². The van der Waals surface area contributed by atoms with E-state index in [0.717, 1.165) is 12.0 Å². The first kappa shape index (κ1) is 20.6. The molecule has 6 heteroatoms. The lowest BCUT2D eigenvalue weighted by atomic mass is 10.0. The monoisotopic (exact) mass is 394 g/mol. The zero-order valence-electron chi connectivity index (χ0n) is 16.3. The number of hydrogen-bond acceptors (Lipinski definition) is 3. The second-order valence-corrected chi connectivity index (χ2v) is 7.35. The van der Waals surface area contributed by atoms with Gasteiger partial charge in [0.05, 0.1) is 0 Å². The van der Waals surface area contributed by atoms with Crippen molar-refractivity contribution in [3.63, 3.8) is 0 Å². The average molecular weight is 394 g/mol. The molecule has 2 aromatic carbocycles. The first-order valence-corrected chi connectivity index (χ1v) is 9.96. The van der Waals surface area contributed by atoms with Crippen LogP contribution in [0.2, 0.25) is 0 Å². The molecule has 0 aliphatic carbocycles. The molecule has 0 saturated carbocycles. The minimum Gasteiger partial charge on any atom is -0.481 e. The molecule has 1 heterocycles. The molecule has 0 spiro atoms. The van der Waals surface area contributed by atoms with Crippen LogP contribution >= 0.6 is 0 Å². The Kier molecular flexibility index (Phi) is 7.00. The van der Waals surface area contributed by atoms with Crippen LogP contribution in [0.25, 0.3) is 0 Å². The predicted octanol–water partition coefficient (Wildman–Crippen LogP) is 2.88. The molecule has 1 saturated heterocycles. The molecular formula is C23H26N2O4. The minimum absolute atomic E-state index is 0.0187. The van der Waals surface area contributed by atoms with Gasteiger partial charge in [0.15, 0.2) is 0 Å². The molecule has 1 fully saturated rings. The van der Waals surface area contributed by atoms with Crippen LogP contribution in [0.4, 0.5) is 0 Å². The number of hydrogen-bond donors (Lipinski definition) is 2. The van der Waals surface area contributed by atoms with E-state index in [2.05, 4.69) is 5.32 Å². The Morgan fingerprint density at radius 2 is 1.69 bits per heavy atom. The third-order valence-corrected chi connectivity index (χ3v) is 5.22. The molecule has 1 aliphatic rings. The minimum atomic E-state index is -0.890. The second kappa shape index (κ2) is 9.87. The number of nitrogens with one attached hydrogen (secondary N) is 1. The molecule has 0 aromatic heterocycles. The zero-order chi connectivity index (χ0) is 20.6. The number of aliphatic carboxylic acids is 1. The van der Waals surface area contributed by atoms with Gasteiger partial charge in [0.2, 0.25) is 5.91 Å². The van der Waals surface area contributed by atoms with Crippen molar-refractivity contribution < 1.29 is 19.5 Å². The van der Waals surface area contributed by atoms with Crippen molar-refractivity contribution >= 4 is 17.8 Å². The van der Waals surface area contributed by atoms with E-state index in [1.54, 1.807) is 29.2 Å². The topological polar surface area (TPSA) is 86.7 Å². The SMILES string of the molecule is O=C(O)CCC(Cc1ccccc1)NC(=O)C1CCCN1C(=O)c1ccccc1. The number of amides is 2. The maximum atomic E-state index is 13.0. The number of carboxylic acids is 1. The molecule has 2 unspecified atom stereocenters. The summed E-state index contributed by atoms with van der Waals surface area (Å²) in [5, 5.41) is 12.1. The number of nitrogens with zero attached hydrogens (tertiary/aromatic N) is 1. The third-order valence-electron chi connectivity index (χ3n) is 5.22. The van der Waals surface area contributed by atoms with E-state index in [1.807, 2.05) is 36.4 Å². The Morgan fingerprint density at radius 3 is 2.34 bits per heavy atom. The van der Waals surface area contributed by atoms with Gasteiger partial charge in [0.25, 0.3) is 5.91 Å². The molecule has 2 amide bonds. The number of likely N-dealkylation sites (tertiary alicyclic amines) is 1. The Balaban J connectivity index is 1.68. The molecule has 2 atom stereocenters. The van der Waals surface area contributed by atoms with Gasteiger partial charge in [-0.1, -0.05) is 48.5 Å². The maximum absolute atomic E-state index is 13.0. The molecule has 0 bridgehead atoms. The van der Waals surface area contributed by atoms with Gasteiger partial charge in [-0.05, 0) is 43.4 Å². The predicted molar refractivity (Wildman–Crippen MR) is 109 cm³/mol. The number of carbonyl (C=O) groups excluding carboxylic acids is 2. The van der Waals surface area contributed by atoms with Gasteiger partial charge in [-0.25, -0.2) is 0 Å². The molecule has 2 N–H and O–H groups in total. The number of rotatable bonds is 8. The summed E-state index contributed by atoms with van der Waals surface area (Å²) in [5.74, 6) is -1.24. The summed E-state index contributed by atoms with van der Waals surface area (Å²) in [5.41, 5.74) is 1.60.